The number of nitrogens with one attached hydrogen (secondary N) is 2. The average Bonchev–Trinajstić information content (AvgIpc) is 2.89. The van der Waals surface area contributed by atoms with Gasteiger partial charge in [-0.2, -0.15) is 0 Å². The Labute approximate surface area is 196 Å². The zero-order valence-electron chi connectivity index (χ0n) is 18.7. The van der Waals surface area contributed by atoms with Crippen LogP contribution < -0.4 is 16.4 Å². The minimum absolute atomic E-state index is 0.121. The van der Waals surface area contributed by atoms with Crippen LogP contribution in [-0.4, -0.2) is 22.2 Å². The molecule has 3 aromatic carbocycles. The summed E-state index contributed by atoms with van der Waals surface area (Å²) in [5.74, 6) is 0.837. The van der Waals surface area contributed by atoms with Crippen LogP contribution in [0.1, 0.15) is 46.9 Å². The summed E-state index contributed by atoms with van der Waals surface area (Å²) in [5.41, 5.74) is 4.95. The first-order valence-corrected chi connectivity index (χ1v) is 11.8. The SMILES string of the molecule is O=C(CCn1[nH]c(=O)c2ccccc2c1=O)NC[C@@H]1CC2c3ccccc3C1c1ccccc12. The maximum atomic E-state index is 12.7. The maximum Gasteiger partial charge on any atom is 0.273 e. The number of H-pyrrole nitrogens is 1. The number of fused-ring (bicyclic) bond motifs is 2. The number of aromatic nitrogens is 2. The number of carbonyl (C=O) groups is 1. The van der Waals surface area contributed by atoms with Gasteiger partial charge in [0.15, 0.2) is 0 Å². The molecule has 2 N–H and O–H groups in total. The number of aryl methyl sites for hydroxylation is 1. The third kappa shape index (κ3) is 3.29. The Balaban J connectivity index is 1.17. The predicted octanol–water partition coefficient (Wildman–Crippen LogP) is 3.49. The monoisotopic (exact) mass is 451 g/mol. The molecule has 7 rings (SSSR count). The van der Waals surface area contributed by atoms with Crippen molar-refractivity contribution in [3.8, 4) is 0 Å². The van der Waals surface area contributed by atoms with Gasteiger partial charge < -0.3 is 5.32 Å². The molecule has 0 saturated carbocycles. The van der Waals surface area contributed by atoms with Crippen LogP contribution in [0.5, 0.6) is 0 Å². The van der Waals surface area contributed by atoms with E-state index in [9.17, 15) is 14.4 Å². The molecule has 34 heavy (non-hydrogen) atoms. The van der Waals surface area contributed by atoms with Crippen LogP contribution in [-0.2, 0) is 11.3 Å². The van der Waals surface area contributed by atoms with Crippen LogP contribution in [0.25, 0.3) is 10.8 Å². The Morgan fingerprint density at radius 3 is 2.12 bits per heavy atom. The summed E-state index contributed by atoms with van der Waals surface area (Å²) in [6.45, 7) is 0.721. The number of nitrogens with zero attached hydrogens (tertiary/aromatic N) is 1. The second-order valence-corrected chi connectivity index (χ2v) is 9.28. The van der Waals surface area contributed by atoms with Gasteiger partial charge >= 0.3 is 0 Å². The Hall–Kier alpha value is -3.93. The van der Waals surface area contributed by atoms with E-state index < -0.39 is 0 Å². The van der Waals surface area contributed by atoms with Crippen molar-refractivity contribution in [2.75, 3.05) is 6.54 Å². The predicted molar refractivity (Wildman–Crippen MR) is 131 cm³/mol. The highest BCUT2D eigenvalue weighted by Gasteiger charge is 2.42. The molecular weight excluding hydrogens is 426 g/mol. The highest BCUT2D eigenvalue weighted by Crippen LogP contribution is 2.55. The number of carbonyl (C=O) groups excluding carboxylic acids is 1. The lowest BCUT2D eigenvalue weighted by Crippen LogP contribution is -2.40. The van der Waals surface area contributed by atoms with Crippen LogP contribution in [0.3, 0.4) is 0 Å². The fourth-order valence-electron chi connectivity index (χ4n) is 5.91. The third-order valence-corrected chi connectivity index (χ3v) is 7.43. The quantitative estimate of drug-likeness (QED) is 0.487. The van der Waals surface area contributed by atoms with E-state index in [2.05, 4.69) is 58.9 Å². The Morgan fingerprint density at radius 2 is 1.44 bits per heavy atom. The van der Waals surface area contributed by atoms with E-state index >= 15 is 0 Å². The van der Waals surface area contributed by atoms with E-state index in [0.29, 0.717) is 29.2 Å². The Bertz CT molecular complexity index is 1490. The van der Waals surface area contributed by atoms with Gasteiger partial charge in [-0.1, -0.05) is 60.7 Å². The standard InChI is InChI=1S/C28H25N3O3/c32-25(13-14-31-28(34)23-12-6-5-11-22(23)27(33)30-31)29-16-17-15-24-18-7-1-3-9-20(18)26(17)21-10-4-2-8-19(21)24/h1-12,17,24,26H,13-16H2,(H,29,32)(H,30,33)/t17-,24?,26?/m0/s1. The van der Waals surface area contributed by atoms with Crippen LogP contribution in [0, 0.1) is 5.92 Å². The summed E-state index contributed by atoms with van der Waals surface area (Å²) in [5, 5.41) is 6.41. The maximum absolute atomic E-state index is 12.7. The van der Waals surface area contributed by atoms with Gasteiger partial charge in [0.2, 0.25) is 5.91 Å². The van der Waals surface area contributed by atoms with Gasteiger partial charge in [-0.15, -0.1) is 0 Å². The zero-order chi connectivity index (χ0) is 23.2. The first kappa shape index (κ1) is 20.7. The fraction of sp³-hybridized carbons (Fsp3) is 0.250. The molecule has 3 aliphatic rings. The van der Waals surface area contributed by atoms with Gasteiger partial charge in [-0.25, -0.2) is 4.68 Å². The molecule has 3 aliphatic carbocycles. The number of hydrogen-bond acceptors (Lipinski definition) is 3. The summed E-state index contributed by atoms with van der Waals surface area (Å²) >= 11 is 0. The van der Waals surface area contributed by atoms with Gasteiger partial charge in [-0.05, 0) is 46.7 Å². The van der Waals surface area contributed by atoms with Gasteiger partial charge in [0.25, 0.3) is 11.1 Å². The highest BCUT2D eigenvalue weighted by atomic mass is 16.2. The van der Waals surface area contributed by atoms with Crippen molar-refractivity contribution >= 4 is 16.7 Å². The van der Waals surface area contributed by atoms with Crippen molar-refractivity contribution in [1.29, 1.82) is 0 Å². The van der Waals surface area contributed by atoms with Gasteiger partial charge in [0.05, 0.1) is 17.3 Å². The number of rotatable bonds is 5. The summed E-state index contributed by atoms with van der Waals surface area (Å²) in [6, 6.07) is 24.0. The molecule has 0 radical (unpaired) electrons. The topological polar surface area (TPSA) is 84.0 Å². The zero-order valence-corrected chi connectivity index (χ0v) is 18.7. The molecule has 4 aromatic rings. The molecule has 6 nitrogen and oxygen atoms in total. The normalized spacial score (nSPS) is 20.1. The van der Waals surface area contributed by atoms with Crippen LogP contribution in [0.2, 0.25) is 0 Å². The second-order valence-electron chi connectivity index (χ2n) is 9.28. The lowest BCUT2D eigenvalue weighted by Gasteiger charge is -2.45. The van der Waals surface area contributed by atoms with Crippen molar-refractivity contribution < 1.29 is 4.79 Å². The van der Waals surface area contributed by atoms with Crippen molar-refractivity contribution in [1.82, 2.24) is 15.1 Å². The molecule has 0 aliphatic heterocycles. The fourth-order valence-corrected chi connectivity index (χ4v) is 5.91. The minimum atomic E-state index is -0.328. The van der Waals surface area contributed by atoms with Crippen molar-refractivity contribution in [2.24, 2.45) is 5.92 Å². The Kier molecular flexibility index (Phi) is 4.94. The second kappa shape index (κ2) is 8.13. The molecule has 1 heterocycles. The summed E-state index contributed by atoms with van der Waals surface area (Å²) < 4.78 is 1.24. The molecule has 1 amide bonds. The summed E-state index contributed by atoms with van der Waals surface area (Å²) in [7, 11) is 0. The molecule has 0 spiro atoms. The van der Waals surface area contributed by atoms with Gasteiger partial charge in [0.1, 0.15) is 0 Å². The lowest BCUT2D eigenvalue weighted by molar-refractivity contribution is -0.121. The van der Waals surface area contributed by atoms with Crippen LogP contribution in [0.15, 0.2) is 82.4 Å². The van der Waals surface area contributed by atoms with E-state index in [1.54, 1.807) is 24.3 Å². The molecular formula is C28H25N3O3. The number of amides is 1. The van der Waals surface area contributed by atoms with Crippen molar-refractivity contribution in [2.45, 2.75) is 31.2 Å². The first-order chi connectivity index (χ1) is 16.6. The van der Waals surface area contributed by atoms with Crippen molar-refractivity contribution in [3.63, 3.8) is 0 Å². The average molecular weight is 452 g/mol. The largest absolute Gasteiger partial charge is 0.356 e. The number of aromatic amines is 1. The molecule has 170 valence electrons. The minimum Gasteiger partial charge on any atom is -0.356 e. The lowest BCUT2D eigenvalue weighted by atomic mass is 9.59. The molecule has 1 atom stereocenters. The number of hydrogen-bond donors (Lipinski definition) is 2. The van der Waals surface area contributed by atoms with E-state index in [4.69, 9.17) is 0 Å². The van der Waals surface area contributed by atoms with Crippen LogP contribution in [0.4, 0.5) is 0 Å². The molecule has 1 aromatic heterocycles. The van der Waals surface area contributed by atoms with Gasteiger partial charge in [0, 0.05) is 24.8 Å². The Morgan fingerprint density at radius 1 is 0.853 bits per heavy atom. The molecule has 2 bridgehead atoms. The number of benzene rings is 3. The molecule has 0 saturated heterocycles. The van der Waals surface area contributed by atoms with E-state index in [0.717, 1.165) is 6.42 Å². The van der Waals surface area contributed by atoms with Gasteiger partial charge in [-0.3, -0.25) is 19.5 Å². The smallest absolute Gasteiger partial charge is 0.273 e. The molecule has 0 fully saturated rings. The van der Waals surface area contributed by atoms with Crippen LogP contribution >= 0.6 is 0 Å². The third-order valence-electron chi connectivity index (χ3n) is 7.43. The van der Waals surface area contributed by atoms with Crippen molar-refractivity contribution in [3.05, 3.63) is 116 Å². The highest BCUT2D eigenvalue weighted by molar-refractivity contribution is 5.80. The summed E-state index contributed by atoms with van der Waals surface area (Å²) in [6.07, 6.45) is 1.14. The van der Waals surface area contributed by atoms with E-state index in [-0.39, 0.29) is 35.9 Å². The molecule has 0 unspecified atom stereocenters. The molecule has 6 heteroatoms. The van der Waals surface area contributed by atoms with E-state index in [1.165, 1.54) is 26.9 Å². The first-order valence-electron chi connectivity index (χ1n) is 11.8. The van der Waals surface area contributed by atoms with E-state index in [1.807, 2.05) is 0 Å². The summed E-state index contributed by atoms with van der Waals surface area (Å²) in [4.78, 5) is 37.7.